The van der Waals surface area contributed by atoms with Gasteiger partial charge in [-0.3, -0.25) is 9.59 Å². The van der Waals surface area contributed by atoms with Gasteiger partial charge in [0.25, 0.3) is 5.91 Å². The zero-order valence-electron chi connectivity index (χ0n) is 11.6. The van der Waals surface area contributed by atoms with Crippen molar-refractivity contribution in [2.75, 3.05) is 6.61 Å². The van der Waals surface area contributed by atoms with Crippen molar-refractivity contribution in [2.24, 2.45) is 5.92 Å². The molecule has 4 nitrogen and oxygen atoms in total. The first-order chi connectivity index (χ1) is 9.32. The number of ketones is 1. The topological polar surface area (TPSA) is 55.4 Å². The first kappa shape index (κ1) is 17.2. The summed E-state index contributed by atoms with van der Waals surface area (Å²) in [5.41, 5.74) is 0. The van der Waals surface area contributed by atoms with Crippen LogP contribution >= 0.6 is 31.9 Å². The van der Waals surface area contributed by atoms with Crippen LogP contribution in [0.1, 0.15) is 20.8 Å². The molecular formula is C14H17Br2NO3. The molecule has 1 unspecified atom stereocenters. The molecule has 110 valence electrons. The standard InChI is InChI=1S/C14H17Br2NO3/c1-8(2)13(9(3)18)17-12(19)7-20-14-10(15)5-4-6-11(14)16/h4-6,8,13H,7H2,1-3H3,(H,17,19). The Bertz CT molecular complexity index is 483. The van der Waals surface area contributed by atoms with E-state index in [2.05, 4.69) is 37.2 Å². The Morgan fingerprint density at radius 1 is 1.25 bits per heavy atom. The van der Waals surface area contributed by atoms with Gasteiger partial charge in [0.1, 0.15) is 5.75 Å². The highest BCUT2D eigenvalue weighted by atomic mass is 79.9. The van der Waals surface area contributed by atoms with Crippen LogP contribution in [0.4, 0.5) is 0 Å². The fourth-order valence-electron chi connectivity index (χ4n) is 1.71. The largest absolute Gasteiger partial charge is 0.481 e. The molecule has 20 heavy (non-hydrogen) atoms. The Balaban J connectivity index is 2.62. The van der Waals surface area contributed by atoms with Gasteiger partial charge in [-0.1, -0.05) is 19.9 Å². The van der Waals surface area contributed by atoms with Crippen molar-refractivity contribution in [3.63, 3.8) is 0 Å². The number of Topliss-reactive ketones (excluding diaryl/α,β-unsaturated/α-hetero) is 1. The minimum atomic E-state index is -0.478. The highest BCUT2D eigenvalue weighted by molar-refractivity contribution is 9.11. The van der Waals surface area contributed by atoms with Crippen LogP contribution in [0.5, 0.6) is 5.75 Å². The number of carbonyl (C=O) groups is 2. The van der Waals surface area contributed by atoms with E-state index < -0.39 is 6.04 Å². The summed E-state index contributed by atoms with van der Waals surface area (Å²) < 4.78 is 6.98. The second-order valence-corrected chi connectivity index (χ2v) is 6.45. The van der Waals surface area contributed by atoms with Gasteiger partial charge in [-0.05, 0) is 56.8 Å². The Morgan fingerprint density at radius 2 is 1.80 bits per heavy atom. The molecule has 0 radical (unpaired) electrons. The molecule has 1 aromatic carbocycles. The van der Waals surface area contributed by atoms with E-state index in [0.717, 1.165) is 8.95 Å². The summed E-state index contributed by atoms with van der Waals surface area (Å²) in [5, 5.41) is 2.68. The van der Waals surface area contributed by atoms with Gasteiger partial charge in [0.15, 0.2) is 12.4 Å². The lowest BCUT2D eigenvalue weighted by molar-refractivity contribution is -0.129. The molecule has 0 aliphatic heterocycles. The quantitative estimate of drug-likeness (QED) is 0.788. The van der Waals surface area contributed by atoms with Crippen LogP contribution in [0.3, 0.4) is 0 Å². The monoisotopic (exact) mass is 405 g/mol. The van der Waals surface area contributed by atoms with Gasteiger partial charge in [-0.15, -0.1) is 0 Å². The van der Waals surface area contributed by atoms with Crippen LogP contribution in [0.15, 0.2) is 27.1 Å². The summed E-state index contributed by atoms with van der Waals surface area (Å²) in [6, 6.07) is 5.02. The Hall–Kier alpha value is -0.880. The molecule has 0 aromatic heterocycles. The van der Waals surface area contributed by atoms with Gasteiger partial charge in [-0.25, -0.2) is 0 Å². The van der Waals surface area contributed by atoms with E-state index in [9.17, 15) is 9.59 Å². The minimum Gasteiger partial charge on any atom is -0.481 e. The van der Waals surface area contributed by atoms with Gasteiger partial charge in [0.05, 0.1) is 15.0 Å². The third-order valence-corrected chi connectivity index (χ3v) is 3.94. The Labute approximate surface area is 135 Å². The highest BCUT2D eigenvalue weighted by Gasteiger charge is 2.21. The van der Waals surface area contributed by atoms with Gasteiger partial charge in [0.2, 0.25) is 0 Å². The molecule has 1 N–H and O–H groups in total. The second-order valence-electron chi connectivity index (χ2n) is 4.74. The van der Waals surface area contributed by atoms with Crippen molar-refractivity contribution in [1.82, 2.24) is 5.32 Å². The average molecular weight is 407 g/mol. The van der Waals surface area contributed by atoms with Crippen LogP contribution < -0.4 is 10.1 Å². The predicted octanol–water partition coefficient (Wildman–Crippen LogP) is 3.32. The number of hydrogen-bond acceptors (Lipinski definition) is 3. The molecule has 0 fully saturated rings. The predicted molar refractivity (Wildman–Crippen MR) is 84.8 cm³/mol. The highest BCUT2D eigenvalue weighted by Crippen LogP contribution is 2.32. The molecule has 0 bridgehead atoms. The van der Waals surface area contributed by atoms with Crippen molar-refractivity contribution in [1.29, 1.82) is 0 Å². The van der Waals surface area contributed by atoms with Crippen LogP contribution in [0, 0.1) is 5.92 Å². The van der Waals surface area contributed by atoms with Gasteiger partial charge in [0, 0.05) is 0 Å². The number of carbonyl (C=O) groups excluding carboxylic acids is 2. The first-order valence-electron chi connectivity index (χ1n) is 6.19. The lowest BCUT2D eigenvalue weighted by atomic mass is 10.0. The number of amides is 1. The number of halogens is 2. The second kappa shape index (κ2) is 7.78. The zero-order valence-corrected chi connectivity index (χ0v) is 14.7. The molecule has 1 rings (SSSR count). The zero-order chi connectivity index (χ0) is 15.3. The van der Waals surface area contributed by atoms with Crippen LogP contribution in [0.25, 0.3) is 0 Å². The molecular weight excluding hydrogens is 390 g/mol. The SMILES string of the molecule is CC(=O)C(NC(=O)COc1c(Br)cccc1Br)C(C)C. The minimum absolute atomic E-state index is 0.0478. The number of para-hydroxylation sites is 1. The smallest absolute Gasteiger partial charge is 0.258 e. The maximum atomic E-state index is 11.8. The van der Waals surface area contributed by atoms with Crippen LogP contribution in [0.2, 0.25) is 0 Å². The summed E-state index contributed by atoms with van der Waals surface area (Å²) in [5.74, 6) is 0.232. The van der Waals surface area contributed by atoms with Crippen LogP contribution in [-0.2, 0) is 9.59 Å². The summed E-state index contributed by atoms with van der Waals surface area (Å²) in [6.45, 7) is 5.10. The first-order valence-corrected chi connectivity index (χ1v) is 7.78. The molecule has 0 saturated carbocycles. The molecule has 1 amide bonds. The molecule has 1 atom stereocenters. The number of rotatable bonds is 6. The lowest BCUT2D eigenvalue weighted by Gasteiger charge is -2.19. The summed E-state index contributed by atoms with van der Waals surface area (Å²) in [7, 11) is 0. The molecule has 1 aromatic rings. The van der Waals surface area contributed by atoms with E-state index in [1.165, 1.54) is 6.92 Å². The van der Waals surface area contributed by atoms with E-state index in [0.29, 0.717) is 5.75 Å². The molecule has 0 saturated heterocycles. The van der Waals surface area contributed by atoms with Crippen LogP contribution in [-0.4, -0.2) is 24.3 Å². The third-order valence-electron chi connectivity index (χ3n) is 2.69. The van der Waals surface area contributed by atoms with E-state index in [-0.39, 0.29) is 24.2 Å². The lowest BCUT2D eigenvalue weighted by Crippen LogP contribution is -2.45. The Morgan fingerprint density at radius 3 is 2.25 bits per heavy atom. The number of benzene rings is 1. The summed E-state index contributed by atoms with van der Waals surface area (Å²) >= 11 is 6.71. The van der Waals surface area contributed by atoms with E-state index in [1.807, 2.05) is 32.0 Å². The molecule has 0 spiro atoms. The van der Waals surface area contributed by atoms with Crippen molar-refractivity contribution < 1.29 is 14.3 Å². The fourth-order valence-corrected chi connectivity index (χ4v) is 2.94. The molecule has 6 heteroatoms. The van der Waals surface area contributed by atoms with Crippen molar-refractivity contribution in [2.45, 2.75) is 26.8 Å². The fraction of sp³-hybridized carbons (Fsp3) is 0.429. The number of nitrogens with one attached hydrogen (secondary N) is 1. The maximum Gasteiger partial charge on any atom is 0.258 e. The van der Waals surface area contributed by atoms with Crippen molar-refractivity contribution in [3.8, 4) is 5.75 Å². The Kier molecular flexibility index (Phi) is 6.68. The molecule has 0 aliphatic rings. The number of hydrogen-bond donors (Lipinski definition) is 1. The summed E-state index contributed by atoms with van der Waals surface area (Å²) in [6.07, 6.45) is 0. The van der Waals surface area contributed by atoms with E-state index in [1.54, 1.807) is 0 Å². The third kappa shape index (κ3) is 4.90. The van der Waals surface area contributed by atoms with Gasteiger partial charge in [-0.2, -0.15) is 0 Å². The van der Waals surface area contributed by atoms with Crippen molar-refractivity contribution >= 4 is 43.6 Å². The van der Waals surface area contributed by atoms with E-state index in [4.69, 9.17) is 4.74 Å². The average Bonchev–Trinajstić information content (AvgIpc) is 2.34. The van der Waals surface area contributed by atoms with E-state index >= 15 is 0 Å². The normalized spacial score (nSPS) is 12.1. The molecule has 0 aliphatic carbocycles. The van der Waals surface area contributed by atoms with Gasteiger partial charge < -0.3 is 10.1 Å². The van der Waals surface area contributed by atoms with Crippen molar-refractivity contribution in [3.05, 3.63) is 27.1 Å². The molecule has 0 heterocycles. The van der Waals surface area contributed by atoms with Gasteiger partial charge >= 0.3 is 0 Å². The number of ether oxygens (including phenoxy) is 1. The maximum absolute atomic E-state index is 11.8. The summed E-state index contributed by atoms with van der Waals surface area (Å²) in [4.78, 5) is 23.3.